The van der Waals surface area contributed by atoms with Crippen molar-refractivity contribution in [3.63, 3.8) is 0 Å². The summed E-state index contributed by atoms with van der Waals surface area (Å²) in [7, 11) is -0.0134. The lowest BCUT2D eigenvalue weighted by Crippen LogP contribution is -2.52. The number of likely N-dealkylation sites (tertiary alicyclic amines) is 1. The van der Waals surface area contributed by atoms with Crippen LogP contribution in [0.4, 0.5) is 5.69 Å². The predicted octanol–water partition coefficient (Wildman–Crippen LogP) is 6.09. The van der Waals surface area contributed by atoms with Crippen LogP contribution in [-0.2, 0) is 23.0 Å². The Bertz CT molecular complexity index is 1950. The Labute approximate surface area is 344 Å². The van der Waals surface area contributed by atoms with Gasteiger partial charge in [0, 0.05) is 35.8 Å². The molecule has 1 aliphatic heterocycles. The van der Waals surface area contributed by atoms with Gasteiger partial charge in [-0.15, -0.1) is 24.8 Å². The van der Waals surface area contributed by atoms with E-state index in [2.05, 4.69) is 31.2 Å². The van der Waals surface area contributed by atoms with Gasteiger partial charge in [-0.1, -0.05) is 78.9 Å². The number of rotatable bonds is 17. The van der Waals surface area contributed by atoms with Crippen LogP contribution in [0.25, 0.3) is 0 Å². The molecule has 3 atom stereocenters. The number of carbonyl (C=O) groups is 2. The average molecular weight is 829 g/mol. The summed E-state index contributed by atoms with van der Waals surface area (Å²) in [5.74, 6) is -0.299. The summed E-state index contributed by atoms with van der Waals surface area (Å²) in [6.07, 6.45) is 1.30. The predicted molar refractivity (Wildman–Crippen MR) is 228 cm³/mol. The number of anilines is 1. The number of nitrogens with zero attached hydrogens (tertiary/aromatic N) is 2. The molecule has 2 amide bonds. The maximum Gasteiger partial charge on any atom is 0.251 e. The van der Waals surface area contributed by atoms with Crippen molar-refractivity contribution in [3.8, 4) is 5.75 Å². The molecule has 1 saturated heterocycles. The van der Waals surface area contributed by atoms with Gasteiger partial charge in [0.15, 0.2) is 0 Å². The Balaban J connectivity index is 0.00000420. The van der Waals surface area contributed by atoms with E-state index in [1.54, 1.807) is 7.11 Å². The molecule has 1 heterocycles. The lowest BCUT2D eigenvalue weighted by Gasteiger charge is -2.38. The van der Waals surface area contributed by atoms with Crippen LogP contribution in [0.2, 0.25) is 0 Å². The third kappa shape index (κ3) is 13.2. The van der Waals surface area contributed by atoms with E-state index in [4.69, 9.17) is 4.74 Å². The van der Waals surface area contributed by atoms with Crippen molar-refractivity contribution in [1.82, 2.24) is 20.4 Å². The molecule has 4 aromatic rings. The maximum atomic E-state index is 14.0. The van der Waals surface area contributed by atoms with E-state index in [9.17, 15) is 23.1 Å². The van der Waals surface area contributed by atoms with Gasteiger partial charge in [0.05, 0.1) is 36.7 Å². The molecule has 1 aliphatic rings. The number of piperidine rings is 1. The molecule has 11 nitrogen and oxygen atoms in total. The summed E-state index contributed by atoms with van der Waals surface area (Å²) >= 11 is 0. The van der Waals surface area contributed by atoms with Crippen molar-refractivity contribution in [2.45, 2.75) is 63.9 Å². The number of hydrogen-bond donors (Lipinski definition) is 4. The minimum atomic E-state index is -3.72. The van der Waals surface area contributed by atoms with Gasteiger partial charge in [-0.05, 0) is 88.6 Å². The number of para-hydroxylation sites is 1. The minimum Gasteiger partial charge on any atom is -0.496 e. The zero-order chi connectivity index (χ0) is 38.7. The largest absolute Gasteiger partial charge is 0.496 e. The number of aliphatic hydroxyl groups is 1. The van der Waals surface area contributed by atoms with Crippen LogP contribution in [0, 0.1) is 0 Å². The van der Waals surface area contributed by atoms with E-state index in [1.165, 1.54) is 25.1 Å². The highest BCUT2D eigenvalue weighted by Gasteiger charge is 2.29. The molecule has 0 aliphatic carbocycles. The number of ether oxygens (including phenoxy) is 1. The van der Waals surface area contributed by atoms with Crippen molar-refractivity contribution in [1.29, 1.82) is 0 Å². The van der Waals surface area contributed by atoms with Gasteiger partial charge in [-0.3, -0.25) is 19.2 Å². The fraction of sp³-hybridized carbons (Fsp3) is 0.381. The fourth-order valence-corrected chi connectivity index (χ4v) is 7.49. The topological polar surface area (TPSA) is 140 Å². The second-order valence-electron chi connectivity index (χ2n) is 14.0. The van der Waals surface area contributed by atoms with Crippen LogP contribution >= 0.6 is 24.8 Å². The average Bonchev–Trinajstić information content (AvgIpc) is 3.18. The monoisotopic (exact) mass is 827 g/mol. The second kappa shape index (κ2) is 21.9. The minimum absolute atomic E-state index is 0. The normalized spacial score (nSPS) is 15.0. The van der Waals surface area contributed by atoms with Crippen LogP contribution in [-0.4, -0.2) is 92.9 Å². The molecule has 0 aromatic heterocycles. The molecule has 0 spiro atoms. The number of nitrogens with one attached hydrogen (secondary N) is 3. The van der Waals surface area contributed by atoms with Crippen molar-refractivity contribution in [2.75, 3.05) is 44.3 Å². The van der Waals surface area contributed by atoms with Gasteiger partial charge in [0.25, 0.3) is 11.8 Å². The molecule has 4 N–H and O–H groups in total. The second-order valence-corrected chi connectivity index (χ2v) is 16.0. The number of aliphatic hydroxyl groups excluding tert-OH is 1. The molecule has 0 saturated carbocycles. The van der Waals surface area contributed by atoms with Crippen LogP contribution in [0.3, 0.4) is 0 Å². The summed E-state index contributed by atoms with van der Waals surface area (Å²) in [6, 6.07) is 30.7. The molecular formula is C42H55Cl2N5O6S. The molecule has 0 unspecified atom stereocenters. The standard InChI is InChI=1S/C42H53N5O6S.2ClH/c1-5-54(51,52)45-36-26-34(41(49)43-30(2)32-16-10-7-11-17-32)25-35(27-36)42(50)44-38(24-31-14-8-6-9-15-31)39(48)29-46(3)37-20-22-47(23-21-37)28-33-18-12-13-19-40(33)53-4;;/h6-19,25-27,30,37-39,45,48H,5,20-24,28-29H2,1-4H3,(H,43,49)(H,44,50);2*1H/t30-,38+,39-;;/m1../s1. The Morgan fingerprint density at radius 1 is 0.875 bits per heavy atom. The number of likely N-dealkylation sites (N-methyl/N-ethyl adjacent to an activating group) is 1. The number of benzene rings is 4. The Hall–Kier alpha value is -4.17. The van der Waals surface area contributed by atoms with Crippen molar-refractivity contribution < 1.29 is 27.9 Å². The Morgan fingerprint density at radius 3 is 2.05 bits per heavy atom. The van der Waals surface area contributed by atoms with Crippen molar-refractivity contribution in [3.05, 3.63) is 131 Å². The molecule has 304 valence electrons. The zero-order valence-corrected chi connectivity index (χ0v) is 34.8. The van der Waals surface area contributed by atoms with Crippen molar-refractivity contribution in [2.24, 2.45) is 0 Å². The fourth-order valence-electron chi connectivity index (χ4n) is 6.87. The number of methoxy groups -OCH3 is 1. The summed E-state index contributed by atoms with van der Waals surface area (Å²) in [4.78, 5) is 32.1. The smallest absolute Gasteiger partial charge is 0.251 e. The number of sulfonamides is 1. The molecular weight excluding hydrogens is 773 g/mol. The lowest BCUT2D eigenvalue weighted by molar-refractivity contribution is 0.0492. The van der Waals surface area contributed by atoms with Gasteiger partial charge in [-0.25, -0.2) is 8.42 Å². The van der Waals surface area contributed by atoms with Crippen molar-refractivity contribution >= 4 is 52.3 Å². The Kier molecular flexibility index (Phi) is 18.1. The van der Waals surface area contributed by atoms with Crippen LogP contribution in [0.15, 0.2) is 103 Å². The van der Waals surface area contributed by atoms with Crippen LogP contribution in [0.1, 0.15) is 70.1 Å². The quantitative estimate of drug-likeness (QED) is 0.100. The van der Waals surface area contributed by atoms with E-state index in [0.29, 0.717) is 13.0 Å². The first-order valence-corrected chi connectivity index (χ1v) is 20.2. The van der Waals surface area contributed by atoms with Gasteiger partial charge in [0.1, 0.15) is 5.75 Å². The molecule has 0 radical (unpaired) electrons. The first kappa shape index (κ1) is 46.2. The molecule has 5 rings (SSSR count). The highest BCUT2D eigenvalue weighted by Crippen LogP contribution is 2.24. The molecule has 0 bridgehead atoms. The number of halogens is 2. The lowest BCUT2D eigenvalue weighted by atomic mass is 9.98. The van der Waals surface area contributed by atoms with Gasteiger partial charge >= 0.3 is 0 Å². The SMILES string of the molecule is CCS(=O)(=O)Nc1cc(C(=O)N[C@@H](Cc2ccccc2)[C@H](O)CN(C)C2CCN(Cc3ccccc3OC)CC2)cc(C(=O)N[C@H](C)c2ccccc2)c1.Cl.Cl. The van der Waals surface area contributed by atoms with E-state index >= 15 is 0 Å². The molecule has 56 heavy (non-hydrogen) atoms. The first-order valence-electron chi connectivity index (χ1n) is 18.5. The zero-order valence-electron chi connectivity index (χ0n) is 32.4. The maximum absolute atomic E-state index is 14.0. The van der Waals surface area contributed by atoms with Crippen LogP contribution in [0.5, 0.6) is 5.75 Å². The number of amides is 2. The first-order chi connectivity index (χ1) is 25.9. The van der Waals surface area contributed by atoms with E-state index < -0.39 is 34.0 Å². The third-order valence-electron chi connectivity index (χ3n) is 10.1. The van der Waals surface area contributed by atoms with E-state index in [-0.39, 0.29) is 59.5 Å². The summed E-state index contributed by atoms with van der Waals surface area (Å²) < 4.78 is 33.2. The molecule has 4 aromatic carbocycles. The summed E-state index contributed by atoms with van der Waals surface area (Å²) in [6.45, 7) is 6.31. The third-order valence-corrected chi connectivity index (χ3v) is 11.4. The van der Waals surface area contributed by atoms with Gasteiger partial charge < -0.3 is 25.4 Å². The molecule has 1 fully saturated rings. The number of carbonyl (C=O) groups excluding carboxylic acids is 2. The summed E-state index contributed by atoms with van der Waals surface area (Å²) in [5, 5.41) is 17.7. The van der Waals surface area contributed by atoms with Crippen LogP contribution < -0.4 is 20.1 Å². The van der Waals surface area contributed by atoms with Gasteiger partial charge in [-0.2, -0.15) is 0 Å². The summed E-state index contributed by atoms with van der Waals surface area (Å²) in [5.41, 5.74) is 3.30. The van der Waals surface area contributed by atoms with E-state index in [0.717, 1.165) is 54.9 Å². The van der Waals surface area contributed by atoms with Gasteiger partial charge in [0.2, 0.25) is 10.0 Å². The highest BCUT2D eigenvalue weighted by molar-refractivity contribution is 7.92. The Morgan fingerprint density at radius 2 is 1.45 bits per heavy atom. The van der Waals surface area contributed by atoms with E-state index in [1.807, 2.05) is 92.8 Å². The number of hydrogen-bond acceptors (Lipinski definition) is 8. The molecule has 14 heteroatoms. The highest BCUT2D eigenvalue weighted by atomic mass is 35.5.